The van der Waals surface area contributed by atoms with Crippen LogP contribution in [0.25, 0.3) is 21.5 Å². The number of phenols is 1. The van der Waals surface area contributed by atoms with E-state index >= 15 is 0 Å². The van der Waals surface area contributed by atoms with Crippen molar-refractivity contribution < 1.29 is 55.2 Å². The summed E-state index contributed by atoms with van der Waals surface area (Å²) in [5, 5.41) is 47.5. The molecular weight excluding hydrogens is 1170 g/mol. The zero-order chi connectivity index (χ0) is 53.5. The van der Waals surface area contributed by atoms with Crippen LogP contribution in [-0.2, 0) is 20.2 Å². The Labute approximate surface area is 481 Å². The van der Waals surface area contributed by atoms with Gasteiger partial charge >= 0.3 is 48.9 Å². The van der Waals surface area contributed by atoms with Crippen LogP contribution in [0.4, 0.5) is 34.1 Å². The number of azo groups is 2. The number of benzene rings is 8. The molecule has 0 saturated heterocycles. The minimum absolute atomic E-state index is 0. The number of ether oxygens (including phenoxy) is 2. The van der Waals surface area contributed by atoms with Gasteiger partial charge in [-0.2, -0.15) is 13.5 Å². The average Bonchev–Trinajstić information content (AvgIpc) is 3.35. The number of carbonyl (C=O) groups excluding carboxylic acids is 2. The van der Waals surface area contributed by atoms with Crippen molar-refractivity contribution in [2.75, 3.05) is 23.8 Å². The molecular formula is C52H42BaCl2N6O12S2. The number of aryl methyl sites for hydroxylation is 2. The van der Waals surface area contributed by atoms with Crippen molar-refractivity contribution in [2.24, 2.45) is 20.5 Å². The molecule has 8 rings (SSSR count). The number of aromatic hydroxyl groups is 1. The number of fused-ring (bicyclic) bond motifs is 2. The van der Waals surface area contributed by atoms with Gasteiger partial charge in [-0.25, -0.2) is 8.42 Å². The number of hydrogen-bond acceptors (Lipinski definition) is 15. The molecule has 75 heavy (non-hydrogen) atoms. The molecule has 0 aliphatic heterocycles. The van der Waals surface area contributed by atoms with Gasteiger partial charge in [0, 0.05) is 27.7 Å². The van der Waals surface area contributed by atoms with Gasteiger partial charge in [-0.15, -0.1) is 15.3 Å². The molecule has 18 nitrogen and oxygen atoms in total. The molecule has 0 heterocycles. The number of carbonyl (C=O) groups is 2. The number of amides is 2. The second-order valence-electron chi connectivity index (χ2n) is 15.9. The van der Waals surface area contributed by atoms with Crippen LogP contribution in [0, 0.1) is 13.8 Å². The molecule has 0 atom stereocenters. The third-order valence-corrected chi connectivity index (χ3v) is 13.5. The van der Waals surface area contributed by atoms with Crippen molar-refractivity contribution in [1.29, 1.82) is 0 Å². The van der Waals surface area contributed by atoms with Gasteiger partial charge in [-0.05, 0) is 122 Å². The minimum Gasteiger partial charge on any atom is -0.870 e. The number of halogens is 2. The fraction of sp³-hybridized carbons (Fsp3) is 0.115. The van der Waals surface area contributed by atoms with Crippen molar-refractivity contribution in [3.05, 3.63) is 166 Å². The van der Waals surface area contributed by atoms with E-state index in [-0.39, 0.29) is 104 Å². The van der Waals surface area contributed by atoms with Crippen molar-refractivity contribution in [3.8, 4) is 23.0 Å². The van der Waals surface area contributed by atoms with Crippen LogP contribution >= 0.6 is 23.2 Å². The van der Waals surface area contributed by atoms with Crippen molar-refractivity contribution in [2.45, 2.75) is 37.5 Å². The van der Waals surface area contributed by atoms with Crippen molar-refractivity contribution >= 4 is 160 Å². The molecule has 0 saturated carbocycles. The molecule has 8 aromatic rings. The van der Waals surface area contributed by atoms with Crippen LogP contribution in [0.5, 0.6) is 23.0 Å². The summed E-state index contributed by atoms with van der Waals surface area (Å²) in [6, 6.07) is 35.5. The molecule has 0 aliphatic carbocycles. The molecule has 0 unspecified atom stereocenters. The average molecular weight is 1220 g/mol. The number of phenolic OH excluding ortho intramolecular Hbond substituents is 1. The van der Waals surface area contributed by atoms with E-state index in [1.165, 1.54) is 50.2 Å². The van der Waals surface area contributed by atoms with Crippen LogP contribution in [0.2, 0.25) is 10.0 Å². The van der Waals surface area contributed by atoms with Crippen LogP contribution in [0.1, 0.15) is 45.7 Å². The predicted molar refractivity (Wildman–Crippen MR) is 284 cm³/mol. The molecule has 23 heteroatoms. The van der Waals surface area contributed by atoms with E-state index in [9.17, 15) is 45.7 Å². The standard InChI is InChI=1S/2C26H22ClN3O6S.Ba/c2*1-3-36-18-11-9-17(10-12-18)28-26(32)20-14-16-6-4-5-7-19(16)22(24(20)31)29-30-23-21(27)13-8-15(2)25(23)37(33,34)35;/h2*4-14,31H,3H2,1-2H3,(H,28,32)(H,33,34,35);/q;;+2/p-2. The topological polar surface area (TPSA) is 281 Å². The first-order valence-corrected chi connectivity index (χ1v) is 25.7. The fourth-order valence-corrected chi connectivity index (χ4v) is 9.71. The fourth-order valence-electron chi connectivity index (χ4n) is 7.49. The molecule has 0 radical (unpaired) electrons. The molecule has 0 bridgehead atoms. The van der Waals surface area contributed by atoms with Gasteiger partial charge < -0.3 is 34.9 Å². The number of nitrogens with zero attached hydrogens (tertiary/aromatic N) is 4. The Hall–Kier alpha value is -6.41. The number of nitrogens with one attached hydrogen (secondary N) is 2. The van der Waals surface area contributed by atoms with Gasteiger partial charge in [0.2, 0.25) is 0 Å². The Morgan fingerprint density at radius 2 is 0.987 bits per heavy atom. The summed E-state index contributed by atoms with van der Waals surface area (Å²) < 4.78 is 80.0. The maximum atomic E-state index is 13.4. The van der Waals surface area contributed by atoms with E-state index in [1.807, 2.05) is 13.8 Å². The second-order valence-corrected chi connectivity index (χ2v) is 19.4. The summed E-state index contributed by atoms with van der Waals surface area (Å²) >= 11 is 12.3. The summed E-state index contributed by atoms with van der Waals surface area (Å²) in [5.74, 6) is -1.20. The Morgan fingerprint density at radius 1 is 0.587 bits per heavy atom. The Morgan fingerprint density at radius 3 is 1.45 bits per heavy atom. The molecule has 0 aliphatic rings. The summed E-state index contributed by atoms with van der Waals surface area (Å²) in [4.78, 5) is 25.0. The minimum atomic E-state index is -4.95. The van der Waals surface area contributed by atoms with E-state index in [4.69, 9.17) is 32.7 Å². The zero-order valence-electron chi connectivity index (χ0n) is 40.2. The third-order valence-electron chi connectivity index (χ3n) is 10.9. The van der Waals surface area contributed by atoms with E-state index < -0.39 is 53.3 Å². The van der Waals surface area contributed by atoms with E-state index in [1.54, 1.807) is 97.1 Å². The smallest absolute Gasteiger partial charge is 0.870 e. The maximum absolute atomic E-state index is 13.4. The van der Waals surface area contributed by atoms with Gasteiger partial charge in [-0.1, -0.05) is 89.6 Å². The molecule has 380 valence electrons. The van der Waals surface area contributed by atoms with E-state index in [0.29, 0.717) is 57.6 Å². The summed E-state index contributed by atoms with van der Waals surface area (Å²) in [5.41, 5.74) is 0.0225. The number of rotatable bonds is 14. The first-order valence-electron chi connectivity index (χ1n) is 22.1. The molecule has 2 amide bonds. The van der Waals surface area contributed by atoms with Gasteiger partial charge in [0.1, 0.15) is 43.6 Å². The van der Waals surface area contributed by atoms with Crippen LogP contribution in [0.3, 0.4) is 0 Å². The molecule has 0 fully saturated rings. The van der Waals surface area contributed by atoms with E-state index in [2.05, 4.69) is 31.1 Å². The van der Waals surface area contributed by atoms with Gasteiger partial charge in [-0.3, -0.25) is 14.1 Å². The van der Waals surface area contributed by atoms with Crippen molar-refractivity contribution in [3.63, 3.8) is 0 Å². The first-order chi connectivity index (χ1) is 35.2. The molecule has 0 spiro atoms. The summed E-state index contributed by atoms with van der Waals surface area (Å²) in [6.07, 6.45) is 0. The number of anilines is 2. The van der Waals surface area contributed by atoms with Crippen LogP contribution in [-0.4, -0.2) is 105 Å². The second kappa shape index (κ2) is 25.0. The first kappa shape index (κ1) is 57.9. The van der Waals surface area contributed by atoms with E-state index in [0.717, 1.165) is 0 Å². The molecule has 8 aromatic carbocycles. The van der Waals surface area contributed by atoms with Gasteiger partial charge in [0.05, 0.1) is 39.4 Å². The third kappa shape index (κ3) is 13.7. The monoisotopic (exact) mass is 1210 g/mol. The Balaban J connectivity index is 0.000000241. The van der Waals surface area contributed by atoms with Crippen LogP contribution in [0.15, 0.2) is 164 Å². The van der Waals surface area contributed by atoms with Crippen molar-refractivity contribution in [1.82, 2.24) is 0 Å². The maximum Gasteiger partial charge on any atom is 2.00 e. The Kier molecular flexibility index (Phi) is 19.3. The summed E-state index contributed by atoms with van der Waals surface area (Å²) in [7, 11) is -9.63. The largest absolute Gasteiger partial charge is 2.00 e. The molecule has 0 aromatic heterocycles. The van der Waals surface area contributed by atoms with Gasteiger partial charge in [0.25, 0.3) is 21.9 Å². The molecule has 4 N–H and O–H groups in total. The SMILES string of the molecule is CCOc1ccc(NC(=O)c2cc3ccccc3c(N=Nc3c(Cl)ccc(C)c3S(=O)(=O)O)c2O)cc1.CCOc1ccc(NC(=O)c2cc3ccccc3c(N=Nc3c(Cl)ccc(C)c3S(=O)(=O)[O-])c2[O-])cc1.[Ba+2]. The van der Waals surface area contributed by atoms with Crippen LogP contribution < -0.4 is 25.2 Å². The predicted octanol–water partition coefficient (Wildman–Crippen LogP) is 12.3. The zero-order valence-corrected chi connectivity index (χ0v) is 47.7. The summed E-state index contributed by atoms with van der Waals surface area (Å²) in [6.45, 7) is 7.61. The normalized spacial score (nSPS) is 11.5. The number of hydrogen-bond donors (Lipinski definition) is 4. The Bertz CT molecular complexity index is 3530. The van der Waals surface area contributed by atoms with Gasteiger partial charge in [0.15, 0.2) is 5.75 Å². The quantitative estimate of drug-likeness (QED) is 0.0449.